The summed E-state index contributed by atoms with van der Waals surface area (Å²) in [4.78, 5) is 5.07. The average molecular weight is 358 g/mol. The van der Waals surface area contributed by atoms with Gasteiger partial charge in [-0.25, -0.2) is 4.98 Å². The Bertz CT molecular complexity index is 956. The quantitative estimate of drug-likeness (QED) is 0.461. The van der Waals surface area contributed by atoms with Crippen molar-refractivity contribution in [3.63, 3.8) is 0 Å². The second-order valence-corrected chi connectivity index (χ2v) is 9.28. The van der Waals surface area contributed by atoms with E-state index >= 15 is 0 Å². The Balaban J connectivity index is 1.78. The van der Waals surface area contributed by atoms with Gasteiger partial charge >= 0.3 is 0 Å². The summed E-state index contributed by atoms with van der Waals surface area (Å²) in [5.74, 6) is 0.710. The minimum Gasteiger partial charge on any atom is -0.248 e. The van der Waals surface area contributed by atoms with Crippen molar-refractivity contribution in [2.75, 3.05) is 0 Å². The third-order valence-electron chi connectivity index (χ3n) is 6.05. The standard InChI is InChI=1S/C26H31N/c1-18-15-20(17-21(16-18)26(2,3)4)24-14-13-23-22(11-8-12-25(23)27-24)19-9-6-5-7-10-19/h8,11-17,19H,5-7,9-10H2,1-4H3. The molecule has 0 amide bonds. The van der Waals surface area contributed by atoms with Gasteiger partial charge in [-0.2, -0.15) is 0 Å². The molecule has 1 aliphatic carbocycles. The monoisotopic (exact) mass is 357 g/mol. The van der Waals surface area contributed by atoms with Gasteiger partial charge in [0, 0.05) is 10.9 Å². The van der Waals surface area contributed by atoms with E-state index in [1.54, 1.807) is 0 Å². The fraction of sp³-hybridized carbons (Fsp3) is 0.423. The summed E-state index contributed by atoms with van der Waals surface area (Å²) < 4.78 is 0. The van der Waals surface area contributed by atoms with Crippen LogP contribution in [0.5, 0.6) is 0 Å². The average Bonchev–Trinajstić information content (AvgIpc) is 2.66. The zero-order valence-corrected chi connectivity index (χ0v) is 17.2. The minimum absolute atomic E-state index is 0.145. The summed E-state index contributed by atoms with van der Waals surface area (Å²) in [5.41, 5.74) is 7.76. The summed E-state index contributed by atoms with van der Waals surface area (Å²) in [6.07, 6.45) is 6.78. The van der Waals surface area contributed by atoms with Crippen LogP contribution in [0.3, 0.4) is 0 Å². The molecule has 1 aromatic heterocycles. The van der Waals surface area contributed by atoms with Crippen LogP contribution in [0, 0.1) is 6.92 Å². The first kappa shape index (κ1) is 18.2. The molecule has 4 rings (SSSR count). The Morgan fingerprint density at radius 1 is 0.889 bits per heavy atom. The van der Waals surface area contributed by atoms with Crippen LogP contribution in [-0.4, -0.2) is 4.98 Å². The molecule has 1 aliphatic rings. The van der Waals surface area contributed by atoms with Crippen molar-refractivity contribution in [3.8, 4) is 11.3 Å². The summed E-state index contributed by atoms with van der Waals surface area (Å²) in [7, 11) is 0. The van der Waals surface area contributed by atoms with E-state index in [-0.39, 0.29) is 5.41 Å². The Hall–Kier alpha value is -2.15. The minimum atomic E-state index is 0.145. The van der Waals surface area contributed by atoms with Crippen molar-refractivity contribution < 1.29 is 0 Å². The fourth-order valence-corrected chi connectivity index (χ4v) is 4.47. The van der Waals surface area contributed by atoms with Gasteiger partial charge < -0.3 is 0 Å². The molecule has 1 fully saturated rings. The molecular formula is C26H31N. The molecule has 0 radical (unpaired) electrons. The second kappa shape index (κ2) is 7.11. The molecule has 0 spiro atoms. The zero-order chi connectivity index (χ0) is 19.0. The van der Waals surface area contributed by atoms with Crippen LogP contribution in [0.1, 0.15) is 75.5 Å². The molecule has 0 N–H and O–H groups in total. The number of pyridine rings is 1. The molecule has 3 aromatic rings. The van der Waals surface area contributed by atoms with Gasteiger partial charge in [0.15, 0.2) is 0 Å². The Morgan fingerprint density at radius 2 is 1.67 bits per heavy atom. The molecule has 1 saturated carbocycles. The molecule has 0 aliphatic heterocycles. The lowest BCUT2D eigenvalue weighted by atomic mass is 9.82. The Kier molecular flexibility index (Phi) is 4.80. The van der Waals surface area contributed by atoms with Crippen molar-refractivity contribution in [2.24, 2.45) is 0 Å². The number of hydrogen-bond donors (Lipinski definition) is 0. The van der Waals surface area contributed by atoms with E-state index < -0.39 is 0 Å². The molecule has 1 nitrogen and oxygen atoms in total. The van der Waals surface area contributed by atoms with Gasteiger partial charge in [-0.3, -0.25) is 0 Å². The summed E-state index contributed by atoms with van der Waals surface area (Å²) >= 11 is 0. The molecular weight excluding hydrogens is 326 g/mol. The fourth-order valence-electron chi connectivity index (χ4n) is 4.47. The van der Waals surface area contributed by atoms with Crippen molar-refractivity contribution in [3.05, 3.63) is 65.2 Å². The van der Waals surface area contributed by atoms with Crippen LogP contribution >= 0.6 is 0 Å². The highest BCUT2D eigenvalue weighted by Crippen LogP contribution is 2.37. The molecule has 2 aromatic carbocycles. The van der Waals surface area contributed by atoms with Crippen LogP contribution in [-0.2, 0) is 5.41 Å². The molecule has 1 heterocycles. The predicted molar refractivity (Wildman–Crippen MR) is 116 cm³/mol. The third-order valence-corrected chi connectivity index (χ3v) is 6.05. The first-order chi connectivity index (χ1) is 12.9. The smallest absolute Gasteiger partial charge is 0.0712 e. The summed E-state index contributed by atoms with van der Waals surface area (Å²) in [5, 5.41) is 1.34. The van der Waals surface area contributed by atoms with Crippen LogP contribution in [0.15, 0.2) is 48.5 Å². The van der Waals surface area contributed by atoms with Crippen LogP contribution in [0.2, 0.25) is 0 Å². The van der Waals surface area contributed by atoms with E-state index in [1.165, 1.54) is 59.7 Å². The molecule has 0 bridgehead atoms. The van der Waals surface area contributed by atoms with E-state index in [0.717, 1.165) is 11.2 Å². The topological polar surface area (TPSA) is 12.9 Å². The summed E-state index contributed by atoms with van der Waals surface area (Å²) in [6.45, 7) is 9.00. The lowest BCUT2D eigenvalue weighted by molar-refractivity contribution is 0.445. The van der Waals surface area contributed by atoms with Crippen LogP contribution in [0.25, 0.3) is 22.2 Å². The van der Waals surface area contributed by atoms with Gasteiger partial charge in [0.1, 0.15) is 0 Å². The number of benzene rings is 2. The van der Waals surface area contributed by atoms with Gasteiger partial charge in [0.25, 0.3) is 0 Å². The van der Waals surface area contributed by atoms with Crippen molar-refractivity contribution in [2.45, 2.75) is 71.1 Å². The predicted octanol–water partition coefficient (Wildman–Crippen LogP) is 7.56. The van der Waals surface area contributed by atoms with Crippen molar-refractivity contribution >= 4 is 10.9 Å². The number of fused-ring (bicyclic) bond motifs is 1. The number of hydrogen-bond acceptors (Lipinski definition) is 1. The largest absolute Gasteiger partial charge is 0.248 e. The van der Waals surface area contributed by atoms with Gasteiger partial charge in [0.05, 0.1) is 11.2 Å². The van der Waals surface area contributed by atoms with Gasteiger partial charge in [-0.05, 0) is 66.5 Å². The van der Waals surface area contributed by atoms with E-state index in [4.69, 9.17) is 4.98 Å². The van der Waals surface area contributed by atoms with E-state index in [2.05, 4.69) is 76.2 Å². The highest BCUT2D eigenvalue weighted by molar-refractivity contribution is 5.85. The lowest BCUT2D eigenvalue weighted by Gasteiger charge is -2.23. The Labute approximate surface area is 163 Å². The maximum absolute atomic E-state index is 5.07. The SMILES string of the molecule is Cc1cc(-c2ccc3c(C4CCCCC4)cccc3n2)cc(C(C)(C)C)c1. The second-order valence-electron chi connectivity index (χ2n) is 9.28. The number of rotatable bonds is 2. The molecule has 0 atom stereocenters. The number of aryl methyl sites for hydroxylation is 1. The maximum atomic E-state index is 5.07. The van der Waals surface area contributed by atoms with Crippen molar-refractivity contribution in [1.82, 2.24) is 4.98 Å². The lowest BCUT2D eigenvalue weighted by Crippen LogP contribution is -2.11. The van der Waals surface area contributed by atoms with Gasteiger partial charge in [-0.1, -0.05) is 69.9 Å². The van der Waals surface area contributed by atoms with Crippen LogP contribution in [0.4, 0.5) is 0 Å². The number of aromatic nitrogens is 1. The molecule has 0 unspecified atom stereocenters. The van der Waals surface area contributed by atoms with E-state index in [9.17, 15) is 0 Å². The highest BCUT2D eigenvalue weighted by atomic mass is 14.7. The molecule has 140 valence electrons. The van der Waals surface area contributed by atoms with E-state index in [0.29, 0.717) is 5.92 Å². The highest BCUT2D eigenvalue weighted by Gasteiger charge is 2.19. The Morgan fingerprint density at radius 3 is 2.41 bits per heavy atom. The molecule has 0 saturated heterocycles. The molecule has 1 heteroatoms. The first-order valence-electron chi connectivity index (χ1n) is 10.4. The number of nitrogens with zero attached hydrogens (tertiary/aromatic N) is 1. The van der Waals surface area contributed by atoms with Crippen molar-refractivity contribution in [1.29, 1.82) is 0 Å². The van der Waals surface area contributed by atoms with Crippen LogP contribution < -0.4 is 0 Å². The van der Waals surface area contributed by atoms with E-state index in [1.807, 2.05) is 0 Å². The van der Waals surface area contributed by atoms with Gasteiger partial charge in [0.2, 0.25) is 0 Å². The zero-order valence-electron chi connectivity index (χ0n) is 17.2. The maximum Gasteiger partial charge on any atom is 0.0712 e. The normalized spacial score (nSPS) is 16.0. The van der Waals surface area contributed by atoms with Gasteiger partial charge in [-0.15, -0.1) is 0 Å². The first-order valence-corrected chi connectivity index (χ1v) is 10.4. The summed E-state index contributed by atoms with van der Waals surface area (Å²) in [6, 6.07) is 18.1. The molecule has 27 heavy (non-hydrogen) atoms. The third kappa shape index (κ3) is 3.78.